The lowest BCUT2D eigenvalue weighted by molar-refractivity contribution is 0.270. The van der Waals surface area contributed by atoms with E-state index in [2.05, 4.69) is 34.7 Å². The molecule has 3 N–H and O–H groups in total. The molecular formula is C21H29ClN4O. The van der Waals surface area contributed by atoms with Gasteiger partial charge in [-0.2, -0.15) is 0 Å². The zero-order valence-corrected chi connectivity index (χ0v) is 16.7. The summed E-state index contributed by atoms with van der Waals surface area (Å²) >= 11 is 6.41. The fourth-order valence-electron chi connectivity index (χ4n) is 3.86. The first kappa shape index (κ1) is 19.8. The lowest BCUT2D eigenvalue weighted by atomic mass is 9.98. The highest BCUT2D eigenvalue weighted by Gasteiger charge is 2.28. The van der Waals surface area contributed by atoms with Crippen LogP contribution in [0.25, 0.3) is 0 Å². The van der Waals surface area contributed by atoms with E-state index in [9.17, 15) is 5.11 Å². The van der Waals surface area contributed by atoms with E-state index in [1.807, 2.05) is 18.3 Å². The van der Waals surface area contributed by atoms with E-state index in [1.54, 1.807) is 0 Å². The molecule has 5 nitrogen and oxygen atoms in total. The van der Waals surface area contributed by atoms with Crippen LogP contribution in [0.2, 0.25) is 5.02 Å². The third-order valence-electron chi connectivity index (χ3n) is 5.36. The van der Waals surface area contributed by atoms with Crippen LogP contribution in [0.3, 0.4) is 0 Å². The Balaban J connectivity index is 1.93. The quantitative estimate of drug-likeness (QED) is 0.515. The number of hydrogen-bond donors (Lipinski definition) is 3. The molecule has 0 saturated carbocycles. The molecule has 2 aliphatic rings. The van der Waals surface area contributed by atoms with Crippen molar-refractivity contribution >= 4 is 23.1 Å². The molecule has 2 aliphatic heterocycles. The number of rotatable bonds is 6. The second-order valence-corrected chi connectivity index (χ2v) is 7.67. The van der Waals surface area contributed by atoms with Crippen LogP contribution < -0.4 is 10.2 Å². The number of nitrogens with zero attached hydrogens (tertiary/aromatic N) is 2. The zero-order chi connectivity index (χ0) is 19.4. The van der Waals surface area contributed by atoms with E-state index in [0.717, 1.165) is 59.9 Å². The lowest BCUT2D eigenvalue weighted by Gasteiger charge is -2.37. The highest BCUT2D eigenvalue weighted by Crippen LogP contribution is 2.34. The van der Waals surface area contributed by atoms with Crippen LogP contribution in [-0.4, -0.2) is 48.1 Å². The fourth-order valence-corrected chi connectivity index (χ4v) is 4.12. The summed E-state index contributed by atoms with van der Waals surface area (Å²) in [5.74, 6) is 0.531. The first-order valence-electron chi connectivity index (χ1n) is 9.65. The minimum Gasteiger partial charge on any atom is -0.396 e. The Morgan fingerprint density at radius 1 is 1.41 bits per heavy atom. The van der Waals surface area contributed by atoms with Gasteiger partial charge in [-0.15, -0.1) is 0 Å². The largest absolute Gasteiger partial charge is 0.396 e. The third-order valence-corrected chi connectivity index (χ3v) is 5.72. The molecule has 146 valence electrons. The Hall–Kier alpha value is -1.98. The van der Waals surface area contributed by atoms with Crippen molar-refractivity contribution in [2.24, 2.45) is 0 Å². The number of anilines is 1. The Labute approximate surface area is 166 Å². The molecule has 0 aliphatic carbocycles. The number of hydrogen-bond acceptors (Lipinski definition) is 4. The van der Waals surface area contributed by atoms with Gasteiger partial charge in [0, 0.05) is 60.7 Å². The van der Waals surface area contributed by atoms with Crippen molar-refractivity contribution < 1.29 is 5.11 Å². The van der Waals surface area contributed by atoms with Gasteiger partial charge < -0.3 is 20.2 Å². The van der Waals surface area contributed by atoms with Crippen molar-refractivity contribution in [3.05, 3.63) is 52.8 Å². The second-order valence-electron chi connectivity index (χ2n) is 7.26. The normalized spacial score (nSPS) is 18.2. The Bertz CT molecular complexity index is 746. The Morgan fingerprint density at radius 3 is 2.96 bits per heavy atom. The molecular weight excluding hydrogens is 360 g/mol. The summed E-state index contributed by atoms with van der Waals surface area (Å²) < 4.78 is 0. The first-order valence-corrected chi connectivity index (χ1v) is 10.0. The van der Waals surface area contributed by atoms with Gasteiger partial charge in [-0.1, -0.05) is 24.2 Å². The molecule has 3 rings (SSSR count). The standard InChI is InChI=1S/C21H29ClN4O/c1-3-25-12-9-19(24-15(2)10-13-27)17(14-25)21(23)26-11-5-6-16-18(22)7-4-8-20(16)26/h3-4,7-8,15,23-24,27H,1,5-6,9-14H2,2H3. The molecule has 0 bridgehead atoms. The molecule has 1 atom stereocenters. The summed E-state index contributed by atoms with van der Waals surface area (Å²) in [6.45, 7) is 8.51. The molecule has 2 heterocycles. The number of amidine groups is 1. The van der Waals surface area contributed by atoms with Crippen molar-refractivity contribution in [2.45, 2.75) is 38.6 Å². The summed E-state index contributed by atoms with van der Waals surface area (Å²) in [6.07, 6.45) is 5.33. The average Bonchev–Trinajstić information content (AvgIpc) is 2.68. The zero-order valence-electron chi connectivity index (χ0n) is 16.0. The van der Waals surface area contributed by atoms with Gasteiger partial charge in [-0.25, -0.2) is 0 Å². The van der Waals surface area contributed by atoms with Crippen LogP contribution in [0, 0.1) is 5.41 Å². The van der Waals surface area contributed by atoms with E-state index in [1.165, 1.54) is 0 Å². The molecule has 1 aromatic rings. The van der Waals surface area contributed by atoms with Crippen LogP contribution in [0.1, 0.15) is 31.7 Å². The first-order chi connectivity index (χ1) is 13.0. The maximum Gasteiger partial charge on any atom is 0.131 e. The van der Waals surface area contributed by atoms with Gasteiger partial charge >= 0.3 is 0 Å². The number of benzene rings is 1. The van der Waals surface area contributed by atoms with E-state index in [-0.39, 0.29) is 12.6 Å². The molecule has 0 fully saturated rings. The SMILES string of the molecule is C=CN1CCC(NC(C)CCO)=C(C(=N)N2CCCc3c(Cl)cccc32)C1. The van der Waals surface area contributed by atoms with Crippen LogP contribution in [0.5, 0.6) is 0 Å². The van der Waals surface area contributed by atoms with Gasteiger partial charge in [0.05, 0.1) is 0 Å². The van der Waals surface area contributed by atoms with Gasteiger partial charge in [-0.3, -0.25) is 5.41 Å². The summed E-state index contributed by atoms with van der Waals surface area (Å²) in [4.78, 5) is 4.24. The minimum absolute atomic E-state index is 0.158. The summed E-state index contributed by atoms with van der Waals surface area (Å²) in [7, 11) is 0. The molecule has 27 heavy (non-hydrogen) atoms. The number of nitrogens with one attached hydrogen (secondary N) is 2. The van der Waals surface area contributed by atoms with E-state index in [0.29, 0.717) is 18.8 Å². The van der Waals surface area contributed by atoms with E-state index in [4.69, 9.17) is 17.0 Å². The topological polar surface area (TPSA) is 62.6 Å². The van der Waals surface area contributed by atoms with Crippen LogP contribution in [0.15, 0.2) is 42.2 Å². The van der Waals surface area contributed by atoms with Gasteiger partial charge in [0.15, 0.2) is 0 Å². The minimum atomic E-state index is 0.158. The number of fused-ring (bicyclic) bond motifs is 1. The second kappa shape index (κ2) is 8.81. The molecule has 0 saturated heterocycles. The van der Waals surface area contributed by atoms with Gasteiger partial charge in [-0.05, 0) is 50.1 Å². The smallest absolute Gasteiger partial charge is 0.131 e. The highest BCUT2D eigenvalue weighted by molar-refractivity contribution is 6.32. The number of aliphatic hydroxyl groups excluding tert-OH is 1. The van der Waals surface area contributed by atoms with Crippen molar-refractivity contribution in [3.63, 3.8) is 0 Å². The summed E-state index contributed by atoms with van der Waals surface area (Å²) in [6, 6.07) is 6.12. The van der Waals surface area contributed by atoms with Crippen molar-refractivity contribution in [1.82, 2.24) is 10.2 Å². The van der Waals surface area contributed by atoms with Gasteiger partial charge in [0.25, 0.3) is 0 Å². The van der Waals surface area contributed by atoms with E-state index < -0.39 is 0 Å². The lowest BCUT2D eigenvalue weighted by Crippen LogP contribution is -2.43. The highest BCUT2D eigenvalue weighted by atomic mass is 35.5. The average molecular weight is 389 g/mol. The summed E-state index contributed by atoms with van der Waals surface area (Å²) in [5, 5.41) is 22.5. The number of aliphatic hydroxyl groups is 1. The Kier molecular flexibility index (Phi) is 6.45. The van der Waals surface area contributed by atoms with Gasteiger partial charge in [0.1, 0.15) is 5.84 Å². The maximum atomic E-state index is 9.22. The summed E-state index contributed by atoms with van der Waals surface area (Å²) in [5.41, 5.74) is 4.28. The molecule has 0 spiro atoms. The molecule has 0 amide bonds. The van der Waals surface area contributed by atoms with Crippen LogP contribution >= 0.6 is 11.6 Å². The van der Waals surface area contributed by atoms with Gasteiger partial charge in [0.2, 0.25) is 0 Å². The molecule has 0 aromatic heterocycles. The Morgan fingerprint density at radius 2 is 2.22 bits per heavy atom. The van der Waals surface area contributed by atoms with Crippen LogP contribution in [-0.2, 0) is 6.42 Å². The molecule has 6 heteroatoms. The van der Waals surface area contributed by atoms with Crippen molar-refractivity contribution in [2.75, 3.05) is 31.1 Å². The van der Waals surface area contributed by atoms with Crippen LogP contribution in [0.4, 0.5) is 5.69 Å². The number of halogens is 1. The van der Waals surface area contributed by atoms with Crippen molar-refractivity contribution in [1.29, 1.82) is 5.41 Å². The fraction of sp³-hybridized carbons (Fsp3) is 0.476. The molecule has 1 unspecified atom stereocenters. The van der Waals surface area contributed by atoms with Crippen molar-refractivity contribution in [3.8, 4) is 0 Å². The predicted octanol–water partition coefficient (Wildman–Crippen LogP) is 3.53. The van der Waals surface area contributed by atoms with E-state index >= 15 is 0 Å². The third kappa shape index (κ3) is 4.30. The molecule has 1 aromatic carbocycles. The monoisotopic (exact) mass is 388 g/mol. The predicted molar refractivity (Wildman–Crippen MR) is 113 cm³/mol. The molecule has 0 radical (unpaired) electrons. The maximum absolute atomic E-state index is 9.22.